The first-order chi connectivity index (χ1) is 9.65. The van der Waals surface area contributed by atoms with Gasteiger partial charge in [0.05, 0.1) is 12.2 Å². The summed E-state index contributed by atoms with van der Waals surface area (Å²) in [5.41, 5.74) is 2.30. The predicted octanol–water partition coefficient (Wildman–Crippen LogP) is 1.68. The number of hydrogen-bond acceptors (Lipinski definition) is 4. The Morgan fingerprint density at radius 1 is 1.10 bits per heavy atom. The summed E-state index contributed by atoms with van der Waals surface area (Å²) in [5.74, 6) is 2.06. The maximum Gasteiger partial charge on any atom is 0.219 e. The van der Waals surface area contributed by atoms with Gasteiger partial charge >= 0.3 is 0 Å². The molecule has 0 saturated carbocycles. The molecule has 3 rings (SSSR count). The molecule has 3 heterocycles. The van der Waals surface area contributed by atoms with E-state index in [0.717, 1.165) is 43.4 Å². The third-order valence-corrected chi connectivity index (χ3v) is 4.25. The number of aryl methyl sites for hydroxylation is 1. The minimum Gasteiger partial charge on any atom is -0.356 e. The zero-order valence-corrected chi connectivity index (χ0v) is 12.4. The van der Waals surface area contributed by atoms with Gasteiger partial charge in [-0.15, -0.1) is 0 Å². The monoisotopic (exact) mass is 274 g/mol. The highest BCUT2D eigenvalue weighted by Gasteiger charge is 2.26. The summed E-state index contributed by atoms with van der Waals surface area (Å²) in [7, 11) is 0. The molecule has 2 aliphatic rings. The standard InChI is InChI=1S/C15H22N4O/c1-11-16-14-6-9-19(12(2)20)10-13(14)15(17-11)18-7-4-3-5-8-18/h3-10H2,1-2H3. The molecular formula is C15H22N4O. The SMILES string of the molecule is CC(=O)N1CCc2nc(C)nc(N3CCCCC3)c2C1. The number of fused-ring (bicyclic) bond motifs is 1. The van der Waals surface area contributed by atoms with Crippen LogP contribution in [0.2, 0.25) is 0 Å². The number of hydrogen-bond donors (Lipinski definition) is 0. The normalized spacial score (nSPS) is 18.9. The number of rotatable bonds is 1. The van der Waals surface area contributed by atoms with E-state index in [2.05, 4.69) is 14.9 Å². The molecule has 1 fully saturated rings. The molecule has 5 heteroatoms. The number of aromatic nitrogens is 2. The second-order valence-corrected chi connectivity index (χ2v) is 5.76. The lowest BCUT2D eigenvalue weighted by molar-refractivity contribution is -0.129. The summed E-state index contributed by atoms with van der Waals surface area (Å²) in [4.78, 5) is 25.2. The highest BCUT2D eigenvalue weighted by molar-refractivity contribution is 5.74. The van der Waals surface area contributed by atoms with Crippen molar-refractivity contribution in [1.82, 2.24) is 14.9 Å². The summed E-state index contributed by atoms with van der Waals surface area (Å²) >= 11 is 0. The molecule has 2 aliphatic heterocycles. The topological polar surface area (TPSA) is 49.3 Å². The van der Waals surface area contributed by atoms with Crippen molar-refractivity contribution in [1.29, 1.82) is 0 Å². The Hall–Kier alpha value is -1.65. The molecule has 0 N–H and O–H groups in total. The van der Waals surface area contributed by atoms with Crippen LogP contribution in [0.25, 0.3) is 0 Å². The van der Waals surface area contributed by atoms with Crippen molar-refractivity contribution in [2.45, 2.75) is 46.1 Å². The van der Waals surface area contributed by atoms with E-state index in [4.69, 9.17) is 0 Å². The van der Waals surface area contributed by atoms with Crippen molar-refractivity contribution >= 4 is 11.7 Å². The van der Waals surface area contributed by atoms with E-state index in [1.165, 1.54) is 24.8 Å². The number of piperidine rings is 1. The molecule has 0 atom stereocenters. The van der Waals surface area contributed by atoms with Crippen molar-refractivity contribution in [2.75, 3.05) is 24.5 Å². The van der Waals surface area contributed by atoms with E-state index >= 15 is 0 Å². The zero-order chi connectivity index (χ0) is 14.1. The number of anilines is 1. The Bertz CT molecular complexity index is 523. The van der Waals surface area contributed by atoms with Crippen LogP contribution in [0.3, 0.4) is 0 Å². The van der Waals surface area contributed by atoms with Crippen molar-refractivity contribution in [3.8, 4) is 0 Å². The Balaban J connectivity index is 1.97. The summed E-state index contributed by atoms with van der Waals surface area (Å²) in [6, 6.07) is 0. The number of carbonyl (C=O) groups is 1. The Morgan fingerprint density at radius 2 is 1.85 bits per heavy atom. The molecule has 0 radical (unpaired) electrons. The lowest BCUT2D eigenvalue weighted by Gasteiger charge is -2.34. The van der Waals surface area contributed by atoms with Crippen molar-refractivity contribution in [3.05, 3.63) is 17.1 Å². The van der Waals surface area contributed by atoms with E-state index in [1.54, 1.807) is 6.92 Å². The van der Waals surface area contributed by atoms with Gasteiger partial charge in [-0.3, -0.25) is 4.79 Å². The molecule has 20 heavy (non-hydrogen) atoms. The minimum atomic E-state index is 0.140. The first-order valence-electron chi connectivity index (χ1n) is 7.52. The van der Waals surface area contributed by atoms with E-state index in [0.29, 0.717) is 6.54 Å². The molecule has 5 nitrogen and oxygen atoms in total. The molecule has 0 aromatic carbocycles. The smallest absolute Gasteiger partial charge is 0.219 e. The Labute approximate surface area is 120 Å². The van der Waals surface area contributed by atoms with Crippen molar-refractivity contribution < 1.29 is 4.79 Å². The van der Waals surface area contributed by atoms with Crippen molar-refractivity contribution in [2.24, 2.45) is 0 Å². The van der Waals surface area contributed by atoms with Crippen LogP contribution in [-0.4, -0.2) is 40.4 Å². The molecule has 0 spiro atoms. The second kappa shape index (κ2) is 5.38. The van der Waals surface area contributed by atoms with Crippen molar-refractivity contribution in [3.63, 3.8) is 0 Å². The number of nitrogens with zero attached hydrogens (tertiary/aromatic N) is 4. The fraction of sp³-hybridized carbons (Fsp3) is 0.667. The molecule has 0 bridgehead atoms. The first kappa shape index (κ1) is 13.3. The molecule has 0 aliphatic carbocycles. The third-order valence-electron chi connectivity index (χ3n) is 4.25. The van der Waals surface area contributed by atoms with Gasteiger partial charge in [-0.25, -0.2) is 9.97 Å². The minimum absolute atomic E-state index is 0.140. The van der Waals surface area contributed by atoms with E-state index in [9.17, 15) is 4.79 Å². The summed E-state index contributed by atoms with van der Waals surface area (Å²) in [6.45, 7) is 7.19. The number of carbonyl (C=O) groups excluding carboxylic acids is 1. The van der Waals surface area contributed by atoms with Gasteiger partial charge in [-0.1, -0.05) is 0 Å². The molecule has 1 saturated heterocycles. The molecule has 108 valence electrons. The van der Waals surface area contributed by atoms with Crippen LogP contribution < -0.4 is 4.90 Å². The van der Waals surface area contributed by atoms with Gasteiger partial charge in [0.1, 0.15) is 11.6 Å². The van der Waals surface area contributed by atoms with Gasteiger partial charge in [0.2, 0.25) is 5.91 Å². The first-order valence-corrected chi connectivity index (χ1v) is 7.52. The van der Waals surface area contributed by atoms with Gasteiger partial charge in [0.15, 0.2) is 0 Å². The van der Waals surface area contributed by atoms with E-state index in [-0.39, 0.29) is 5.91 Å². The fourth-order valence-corrected chi connectivity index (χ4v) is 3.15. The largest absolute Gasteiger partial charge is 0.356 e. The molecule has 1 amide bonds. The van der Waals surface area contributed by atoms with Crippen LogP contribution in [0.1, 0.15) is 43.3 Å². The quantitative estimate of drug-likeness (QED) is 0.782. The molecular weight excluding hydrogens is 252 g/mol. The lowest BCUT2D eigenvalue weighted by atomic mass is 10.0. The highest BCUT2D eigenvalue weighted by atomic mass is 16.2. The lowest BCUT2D eigenvalue weighted by Crippen LogP contribution is -2.38. The van der Waals surface area contributed by atoms with Gasteiger partial charge in [0, 0.05) is 38.5 Å². The average Bonchev–Trinajstić information content (AvgIpc) is 2.46. The van der Waals surface area contributed by atoms with Gasteiger partial charge in [0.25, 0.3) is 0 Å². The summed E-state index contributed by atoms with van der Waals surface area (Å²) in [6.07, 6.45) is 4.62. The van der Waals surface area contributed by atoms with Crippen LogP contribution >= 0.6 is 0 Å². The maximum atomic E-state index is 11.6. The second-order valence-electron chi connectivity index (χ2n) is 5.76. The molecule has 1 aromatic rings. The van der Waals surface area contributed by atoms with Gasteiger partial charge in [-0.05, 0) is 26.2 Å². The zero-order valence-electron chi connectivity index (χ0n) is 12.4. The van der Waals surface area contributed by atoms with Crippen LogP contribution in [0.4, 0.5) is 5.82 Å². The van der Waals surface area contributed by atoms with Crippen LogP contribution in [-0.2, 0) is 17.8 Å². The van der Waals surface area contributed by atoms with Gasteiger partial charge < -0.3 is 9.80 Å². The average molecular weight is 274 g/mol. The molecule has 0 unspecified atom stereocenters. The van der Waals surface area contributed by atoms with Crippen LogP contribution in [0.15, 0.2) is 0 Å². The van der Waals surface area contributed by atoms with Crippen LogP contribution in [0.5, 0.6) is 0 Å². The molecule has 1 aromatic heterocycles. The highest BCUT2D eigenvalue weighted by Crippen LogP contribution is 2.28. The number of amides is 1. The van der Waals surface area contributed by atoms with E-state index < -0.39 is 0 Å². The van der Waals surface area contributed by atoms with Gasteiger partial charge in [-0.2, -0.15) is 0 Å². The van der Waals surface area contributed by atoms with Crippen LogP contribution in [0, 0.1) is 6.92 Å². The third kappa shape index (κ3) is 2.49. The Morgan fingerprint density at radius 3 is 2.55 bits per heavy atom. The Kier molecular flexibility index (Phi) is 3.59. The maximum absolute atomic E-state index is 11.6. The predicted molar refractivity (Wildman–Crippen MR) is 77.6 cm³/mol. The summed E-state index contributed by atoms with van der Waals surface area (Å²) < 4.78 is 0. The summed E-state index contributed by atoms with van der Waals surface area (Å²) in [5, 5.41) is 0. The fourth-order valence-electron chi connectivity index (χ4n) is 3.15. The van der Waals surface area contributed by atoms with E-state index in [1.807, 2.05) is 11.8 Å².